The number of hydrogen-bond acceptors (Lipinski definition) is 5. The predicted octanol–water partition coefficient (Wildman–Crippen LogP) is 4.17. The van der Waals surface area contributed by atoms with Gasteiger partial charge in [-0.3, -0.25) is 9.69 Å². The molecule has 0 saturated carbocycles. The fraction of sp³-hybridized carbons (Fsp3) is 0.600. The average molecular weight is 392 g/mol. The molecule has 0 aliphatic carbocycles. The Hall–Kier alpha value is -1.24. The molecule has 0 aromatic carbocycles. The first-order chi connectivity index (χ1) is 12.4. The van der Waals surface area contributed by atoms with Gasteiger partial charge in [0.05, 0.1) is 10.7 Å². The fourth-order valence-electron chi connectivity index (χ4n) is 3.14. The Labute approximate surface area is 164 Å². The topological polar surface area (TPSA) is 36.4 Å². The first-order valence-corrected chi connectivity index (χ1v) is 11.1. The van der Waals surface area contributed by atoms with Crippen LogP contribution in [0.5, 0.6) is 0 Å². The van der Waals surface area contributed by atoms with Crippen LogP contribution in [0.2, 0.25) is 0 Å². The molecule has 3 rings (SSSR count). The SMILES string of the molecule is CC(C)(C)c1nc(CN2CCN(C(=O)CCCc3cccs3)CC2)cs1. The Morgan fingerprint density at radius 1 is 1.19 bits per heavy atom. The smallest absolute Gasteiger partial charge is 0.222 e. The van der Waals surface area contributed by atoms with Gasteiger partial charge in [-0.2, -0.15) is 0 Å². The number of hydrogen-bond donors (Lipinski definition) is 0. The minimum atomic E-state index is 0.122. The summed E-state index contributed by atoms with van der Waals surface area (Å²) in [5.41, 5.74) is 1.28. The highest BCUT2D eigenvalue weighted by Crippen LogP contribution is 2.26. The van der Waals surface area contributed by atoms with Gasteiger partial charge in [-0.25, -0.2) is 4.98 Å². The lowest BCUT2D eigenvalue weighted by Crippen LogP contribution is -2.48. The third-order valence-corrected chi connectivity index (χ3v) is 6.95. The van der Waals surface area contributed by atoms with E-state index in [2.05, 4.69) is 48.6 Å². The summed E-state index contributed by atoms with van der Waals surface area (Å²) in [6.07, 6.45) is 2.64. The van der Waals surface area contributed by atoms with Crippen LogP contribution < -0.4 is 0 Å². The average Bonchev–Trinajstić information content (AvgIpc) is 3.27. The molecular weight excluding hydrogens is 362 g/mol. The van der Waals surface area contributed by atoms with Crippen LogP contribution in [0.15, 0.2) is 22.9 Å². The maximum absolute atomic E-state index is 12.4. The van der Waals surface area contributed by atoms with Crippen LogP contribution >= 0.6 is 22.7 Å². The Morgan fingerprint density at radius 3 is 2.58 bits per heavy atom. The minimum Gasteiger partial charge on any atom is -0.340 e. The van der Waals surface area contributed by atoms with Crippen LogP contribution in [0.1, 0.15) is 49.2 Å². The summed E-state index contributed by atoms with van der Waals surface area (Å²) < 4.78 is 0. The Bertz CT molecular complexity index is 695. The van der Waals surface area contributed by atoms with Crippen molar-refractivity contribution in [2.75, 3.05) is 26.2 Å². The molecular formula is C20H29N3OS2. The summed E-state index contributed by atoms with van der Waals surface area (Å²) in [5.74, 6) is 0.310. The quantitative estimate of drug-likeness (QED) is 0.741. The molecule has 142 valence electrons. The first kappa shape index (κ1) is 19.5. The van der Waals surface area contributed by atoms with E-state index in [1.165, 1.54) is 9.88 Å². The van der Waals surface area contributed by atoms with Gasteiger partial charge in [0, 0.05) is 54.8 Å². The molecule has 1 aliphatic heterocycles. The first-order valence-electron chi connectivity index (χ1n) is 9.39. The third kappa shape index (κ3) is 5.38. The molecule has 1 aliphatic rings. The van der Waals surface area contributed by atoms with Crippen LogP contribution in [0, 0.1) is 0 Å². The van der Waals surface area contributed by atoms with Gasteiger partial charge in [-0.1, -0.05) is 26.8 Å². The maximum Gasteiger partial charge on any atom is 0.222 e. The van der Waals surface area contributed by atoms with Crippen molar-refractivity contribution in [2.24, 2.45) is 0 Å². The van der Waals surface area contributed by atoms with E-state index in [1.54, 1.807) is 22.7 Å². The molecule has 0 N–H and O–H groups in total. The second-order valence-corrected chi connectivity index (χ2v) is 9.87. The monoisotopic (exact) mass is 391 g/mol. The zero-order valence-electron chi connectivity index (χ0n) is 16.0. The lowest BCUT2D eigenvalue weighted by atomic mass is 9.98. The number of amides is 1. The zero-order valence-corrected chi connectivity index (χ0v) is 17.7. The molecule has 1 saturated heterocycles. The molecule has 0 spiro atoms. The van der Waals surface area contributed by atoms with E-state index in [0.717, 1.165) is 51.3 Å². The molecule has 6 heteroatoms. The Balaban J connectivity index is 1.39. The van der Waals surface area contributed by atoms with Gasteiger partial charge in [0.25, 0.3) is 0 Å². The van der Waals surface area contributed by atoms with E-state index in [1.807, 2.05) is 4.90 Å². The highest BCUT2D eigenvalue weighted by atomic mass is 32.1. The lowest BCUT2D eigenvalue weighted by Gasteiger charge is -2.34. The standard InChI is InChI=1S/C20H29N3OS2/c1-20(2,3)19-21-16(15-26-19)14-22-9-11-23(12-10-22)18(24)8-4-6-17-7-5-13-25-17/h5,7,13,15H,4,6,8-12,14H2,1-3H3. The van der Waals surface area contributed by atoms with E-state index in [0.29, 0.717) is 12.3 Å². The number of carbonyl (C=O) groups is 1. The van der Waals surface area contributed by atoms with Crippen LogP contribution in [-0.4, -0.2) is 46.9 Å². The summed E-state index contributed by atoms with van der Waals surface area (Å²) in [7, 11) is 0. The summed E-state index contributed by atoms with van der Waals surface area (Å²) in [6, 6.07) is 4.23. The number of aryl methyl sites for hydroxylation is 1. The molecule has 2 aromatic heterocycles. The number of rotatable bonds is 6. The van der Waals surface area contributed by atoms with Crippen LogP contribution in [-0.2, 0) is 23.2 Å². The van der Waals surface area contributed by atoms with Gasteiger partial charge in [0.2, 0.25) is 5.91 Å². The molecule has 3 heterocycles. The lowest BCUT2D eigenvalue weighted by molar-refractivity contribution is -0.133. The number of piperazine rings is 1. The van der Waals surface area contributed by atoms with Crippen molar-refractivity contribution in [1.82, 2.24) is 14.8 Å². The fourth-order valence-corrected chi connectivity index (χ4v) is 4.79. The van der Waals surface area contributed by atoms with Crippen molar-refractivity contribution in [1.29, 1.82) is 0 Å². The Morgan fingerprint density at radius 2 is 1.96 bits per heavy atom. The summed E-state index contributed by atoms with van der Waals surface area (Å²) in [4.78, 5) is 23.0. The van der Waals surface area contributed by atoms with Crippen molar-refractivity contribution in [3.8, 4) is 0 Å². The molecule has 0 radical (unpaired) electrons. The summed E-state index contributed by atoms with van der Waals surface area (Å²) in [5, 5.41) is 5.48. The Kier molecular flexibility index (Phi) is 6.48. The van der Waals surface area contributed by atoms with Crippen molar-refractivity contribution < 1.29 is 4.79 Å². The van der Waals surface area contributed by atoms with E-state index in [4.69, 9.17) is 4.98 Å². The van der Waals surface area contributed by atoms with Crippen LogP contribution in [0.25, 0.3) is 0 Å². The highest BCUT2D eigenvalue weighted by molar-refractivity contribution is 7.10. The number of thiazole rings is 1. The largest absolute Gasteiger partial charge is 0.340 e. The number of nitrogens with zero attached hydrogens (tertiary/aromatic N) is 3. The van der Waals surface area contributed by atoms with Gasteiger partial charge >= 0.3 is 0 Å². The van der Waals surface area contributed by atoms with E-state index >= 15 is 0 Å². The summed E-state index contributed by atoms with van der Waals surface area (Å²) >= 11 is 3.53. The van der Waals surface area contributed by atoms with Gasteiger partial charge < -0.3 is 4.90 Å². The second-order valence-electron chi connectivity index (χ2n) is 7.98. The molecule has 4 nitrogen and oxygen atoms in total. The second kappa shape index (κ2) is 8.63. The normalized spacial score (nSPS) is 16.2. The van der Waals surface area contributed by atoms with Gasteiger partial charge in [0.1, 0.15) is 0 Å². The maximum atomic E-state index is 12.4. The molecule has 1 fully saturated rings. The third-order valence-electron chi connectivity index (χ3n) is 4.70. The zero-order chi connectivity index (χ0) is 18.6. The predicted molar refractivity (Wildman–Crippen MR) is 110 cm³/mol. The number of carbonyl (C=O) groups excluding carboxylic acids is 1. The van der Waals surface area contributed by atoms with E-state index in [9.17, 15) is 4.79 Å². The summed E-state index contributed by atoms with van der Waals surface area (Å²) in [6.45, 7) is 11.1. The van der Waals surface area contributed by atoms with Crippen molar-refractivity contribution in [2.45, 2.75) is 52.0 Å². The molecule has 0 unspecified atom stereocenters. The van der Waals surface area contributed by atoms with E-state index in [-0.39, 0.29) is 5.41 Å². The van der Waals surface area contributed by atoms with Crippen molar-refractivity contribution in [3.63, 3.8) is 0 Å². The molecule has 0 atom stereocenters. The molecule has 1 amide bonds. The van der Waals surface area contributed by atoms with Gasteiger partial charge in [-0.05, 0) is 24.3 Å². The van der Waals surface area contributed by atoms with Gasteiger partial charge in [0.15, 0.2) is 0 Å². The highest BCUT2D eigenvalue weighted by Gasteiger charge is 2.23. The van der Waals surface area contributed by atoms with Crippen LogP contribution in [0.3, 0.4) is 0 Å². The van der Waals surface area contributed by atoms with E-state index < -0.39 is 0 Å². The number of thiophene rings is 1. The van der Waals surface area contributed by atoms with Gasteiger partial charge in [-0.15, -0.1) is 22.7 Å². The molecule has 0 bridgehead atoms. The number of aromatic nitrogens is 1. The van der Waals surface area contributed by atoms with Crippen molar-refractivity contribution >= 4 is 28.6 Å². The van der Waals surface area contributed by atoms with Crippen molar-refractivity contribution in [3.05, 3.63) is 38.5 Å². The minimum absolute atomic E-state index is 0.122. The molecule has 26 heavy (non-hydrogen) atoms. The van der Waals surface area contributed by atoms with Crippen LogP contribution in [0.4, 0.5) is 0 Å². The molecule has 2 aromatic rings.